The van der Waals surface area contributed by atoms with Gasteiger partial charge in [0, 0.05) is 19.0 Å². The Morgan fingerprint density at radius 1 is 1.37 bits per heavy atom. The third-order valence-corrected chi connectivity index (χ3v) is 3.15. The summed E-state index contributed by atoms with van der Waals surface area (Å²) >= 11 is 5.12. The number of nitrogens with one attached hydrogen (secondary N) is 1. The van der Waals surface area contributed by atoms with E-state index in [1.165, 1.54) is 0 Å². The van der Waals surface area contributed by atoms with Crippen LogP contribution in [0.15, 0.2) is 18.2 Å². The summed E-state index contributed by atoms with van der Waals surface area (Å²) in [6, 6.07) is 5.31. The number of aromatic amines is 1. The maximum absolute atomic E-state index is 12.1. The molecule has 0 aliphatic heterocycles. The lowest BCUT2D eigenvalue weighted by Gasteiger charge is -2.07. The highest BCUT2D eigenvalue weighted by molar-refractivity contribution is 7.71. The van der Waals surface area contributed by atoms with E-state index in [0.717, 1.165) is 11.0 Å². The van der Waals surface area contributed by atoms with E-state index in [4.69, 9.17) is 17.0 Å². The van der Waals surface area contributed by atoms with Crippen molar-refractivity contribution in [3.63, 3.8) is 0 Å². The average Bonchev–Trinajstić information content (AvgIpc) is 2.63. The predicted octanol–water partition coefficient (Wildman–Crippen LogP) is 4.05. The Bertz CT molecular complexity index is 630. The van der Waals surface area contributed by atoms with Crippen molar-refractivity contribution in [1.82, 2.24) is 9.55 Å². The zero-order chi connectivity index (χ0) is 14.0. The Hall–Kier alpha value is -1.50. The molecule has 19 heavy (non-hydrogen) atoms. The van der Waals surface area contributed by atoms with Gasteiger partial charge in [0.1, 0.15) is 5.75 Å². The van der Waals surface area contributed by atoms with Crippen molar-refractivity contribution >= 4 is 23.3 Å². The Morgan fingerprint density at radius 2 is 2.11 bits per heavy atom. The minimum Gasteiger partial charge on any atom is -0.497 e. The van der Waals surface area contributed by atoms with Gasteiger partial charge in [-0.3, -0.25) is 0 Å². The number of halogens is 3. The number of fused-ring (bicyclic) bond motifs is 1. The molecule has 0 spiro atoms. The first-order chi connectivity index (χ1) is 8.90. The number of ether oxygens (including phenoxy) is 1. The van der Waals surface area contributed by atoms with Crippen LogP contribution in [0.3, 0.4) is 0 Å². The molecule has 0 atom stereocenters. The fraction of sp³-hybridized carbons (Fsp3) is 0.417. The third kappa shape index (κ3) is 3.28. The molecule has 0 saturated carbocycles. The first-order valence-electron chi connectivity index (χ1n) is 5.74. The molecule has 1 aromatic heterocycles. The molecular formula is C12H13F3N2OS. The zero-order valence-corrected chi connectivity index (χ0v) is 11.1. The molecule has 0 unspecified atom stereocenters. The van der Waals surface area contributed by atoms with E-state index in [2.05, 4.69) is 4.98 Å². The normalized spacial score (nSPS) is 12.0. The van der Waals surface area contributed by atoms with E-state index >= 15 is 0 Å². The van der Waals surface area contributed by atoms with Crippen LogP contribution in [0.25, 0.3) is 11.0 Å². The van der Waals surface area contributed by atoms with Gasteiger partial charge in [0.15, 0.2) is 4.77 Å². The minimum atomic E-state index is -4.13. The van der Waals surface area contributed by atoms with Crippen molar-refractivity contribution in [2.75, 3.05) is 7.11 Å². The molecule has 0 amide bonds. The predicted molar refractivity (Wildman–Crippen MR) is 69.0 cm³/mol. The Kier molecular flexibility index (Phi) is 3.84. The third-order valence-electron chi connectivity index (χ3n) is 2.82. The van der Waals surface area contributed by atoms with Crippen LogP contribution < -0.4 is 4.74 Å². The van der Waals surface area contributed by atoms with Crippen molar-refractivity contribution in [3.05, 3.63) is 23.0 Å². The molecule has 1 N–H and O–H groups in total. The van der Waals surface area contributed by atoms with Crippen molar-refractivity contribution < 1.29 is 17.9 Å². The monoisotopic (exact) mass is 290 g/mol. The van der Waals surface area contributed by atoms with E-state index in [1.807, 2.05) is 0 Å². The average molecular weight is 290 g/mol. The van der Waals surface area contributed by atoms with Gasteiger partial charge in [-0.2, -0.15) is 13.2 Å². The smallest absolute Gasteiger partial charge is 0.389 e. The second-order valence-electron chi connectivity index (χ2n) is 4.18. The lowest BCUT2D eigenvalue weighted by molar-refractivity contribution is -0.135. The van der Waals surface area contributed by atoms with Gasteiger partial charge >= 0.3 is 6.18 Å². The fourth-order valence-corrected chi connectivity index (χ4v) is 2.23. The van der Waals surface area contributed by atoms with Gasteiger partial charge in [-0.05, 0) is 30.8 Å². The highest BCUT2D eigenvalue weighted by atomic mass is 32.1. The van der Waals surface area contributed by atoms with Crippen LogP contribution in [-0.4, -0.2) is 22.8 Å². The highest BCUT2D eigenvalue weighted by Gasteiger charge is 2.26. The van der Waals surface area contributed by atoms with Crippen LogP contribution in [-0.2, 0) is 6.54 Å². The summed E-state index contributed by atoms with van der Waals surface area (Å²) in [5, 5.41) is 0. The lowest BCUT2D eigenvalue weighted by Crippen LogP contribution is -2.09. The van der Waals surface area contributed by atoms with Gasteiger partial charge in [-0.15, -0.1) is 0 Å². The molecule has 2 rings (SSSR count). The molecule has 1 heterocycles. The maximum atomic E-state index is 12.1. The number of nitrogens with zero attached hydrogens (tertiary/aromatic N) is 1. The molecule has 0 aliphatic carbocycles. The largest absolute Gasteiger partial charge is 0.497 e. The number of benzene rings is 1. The topological polar surface area (TPSA) is 29.9 Å². The van der Waals surface area contributed by atoms with Crippen LogP contribution in [0.1, 0.15) is 12.8 Å². The number of alkyl halides is 3. The summed E-state index contributed by atoms with van der Waals surface area (Å²) in [6.07, 6.45) is -4.92. The quantitative estimate of drug-likeness (QED) is 0.861. The van der Waals surface area contributed by atoms with E-state index in [9.17, 15) is 13.2 Å². The summed E-state index contributed by atoms with van der Waals surface area (Å²) in [5.74, 6) is 0.672. The number of hydrogen-bond donors (Lipinski definition) is 1. The molecule has 0 radical (unpaired) electrons. The van der Waals surface area contributed by atoms with Crippen molar-refractivity contribution in [2.45, 2.75) is 25.6 Å². The molecule has 0 fully saturated rings. The van der Waals surface area contributed by atoms with E-state index in [-0.39, 0.29) is 13.0 Å². The van der Waals surface area contributed by atoms with E-state index < -0.39 is 12.6 Å². The molecule has 104 valence electrons. The number of aromatic nitrogens is 2. The van der Waals surface area contributed by atoms with Gasteiger partial charge in [-0.25, -0.2) is 0 Å². The number of rotatable bonds is 4. The number of imidazole rings is 1. The molecule has 0 saturated heterocycles. The van der Waals surface area contributed by atoms with Crippen molar-refractivity contribution in [3.8, 4) is 5.75 Å². The van der Waals surface area contributed by atoms with Gasteiger partial charge in [0.05, 0.1) is 18.1 Å². The van der Waals surface area contributed by atoms with Gasteiger partial charge in [-0.1, -0.05) is 0 Å². The van der Waals surface area contributed by atoms with Gasteiger partial charge < -0.3 is 14.3 Å². The standard InChI is InChI=1S/C12H13F3N2OS/c1-18-8-3-4-10-9(7-8)16-11(19)17(10)6-2-5-12(13,14)15/h3-4,7H,2,5-6H2,1H3,(H,16,19). The van der Waals surface area contributed by atoms with E-state index in [0.29, 0.717) is 10.5 Å². The molecule has 1 aromatic carbocycles. The van der Waals surface area contributed by atoms with Crippen LogP contribution >= 0.6 is 12.2 Å². The van der Waals surface area contributed by atoms with Crippen molar-refractivity contribution in [1.29, 1.82) is 0 Å². The SMILES string of the molecule is COc1ccc2c(c1)[nH]c(=S)n2CCCC(F)(F)F. The van der Waals surface area contributed by atoms with Gasteiger partial charge in [0.25, 0.3) is 0 Å². The van der Waals surface area contributed by atoms with Crippen LogP contribution in [0.5, 0.6) is 5.75 Å². The summed E-state index contributed by atoms with van der Waals surface area (Å²) in [7, 11) is 1.55. The first-order valence-corrected chi connectivity index (χ1v) is 6.15. The van der Waals surface area contributed by atoms with Crippen LogP contribution in [0.2, 0.25) is 0 Å². The van der Waals surface area contributed by atoms with Crippen LogP contribution in [0, 0.1) is 4.77 Å². The Balaban J connectivity index is 2.23. The molecule has 3 nitrogen and oxygen atoms in total. The molecular weight excluding hydrogens is 277 g/mol. The van der Waals surface area contributed by atoms with Crippen molar-refractivity contribution in [2.24, 2.45) is 0 Å². The zero-order valence-electron chi connectivity index (χ0n) is 10.3. The molecule has 7 heteroatoms. The molecule has 2 aromatic rings. The number of H-pyrrole nitrogens is 1. The minimum absolute atomic E-state index is 0.0107. The summed E-state index contributed by atoms with van der Waals surface area (Å²) < 4.78 is 43.6. The number of aryl methyl sites for hydroxylation is 1. The maximum Gasteiger partial charge on any atom is 0.389 e. The first kappa shape index (κ1) is 13.9. The Morgan fingerprint density at radius 3 is 2.74 bits per heavy atom. The molecule has 0 bridgehead atoms. The fourth-order valence-electron chi connectivity index (χ4n) is 1.93. The van der Waals surface area contributed by atoms with Gasteiger partial charge in [0.2, 0.25) is 0 Å². The lowest BCUT2D eigenvalue weighted by atomic mass is 10.2. The second kappa shape index (κ2) is 5.24. The molecule has 0 aliphatic rings. The van der Waals surface area contributed by atoms with E-state index in [1.54, 1.807) is 29.9 Å². The number of methoxy groups -OCH3 is 1. The summed E-state index contributed by atoms with van der Waals surface area (Å²) in [6.45, 7) is 0.241. The Labute approximate surface area is 113 Å². The van der Waals surface area contributed by atoms with Crippen LogP contribution in [0.4, 0.5) is 13.2 Å². The second-order valence-corrected chi connectivity index (χ2v) is 4.57. The number of hydrogen-bond acceptors (Lipinski definition) is 2. The summed E-state index contributed by atoms with van der Waals surface area (Å²) in [4.78, 5) is 2.97. The highest BCUT2D eigenvalue weighted by Crippen LogP contribution is 2.24. The summed E-state index contributed by atoms with van der Waals surface area (Å²) in [5.41, 5.74) is 1.55.